The normalized spacial score (nSPS) is 11.0. The minimum absolute atomic E-state index is 0.218. The van der Waals surface area contributed by atoms with Gasteiger partial charge in [-0.2, -0.15) is 0 Å². The largest absolute Gasteiger partial charge is 0.485 e. The standard InChI is InChI=1S/C24H22N6O/c1-16-9-5-8-14-20(16)31-15-21-28-29-24(30(21)25)27-23-18-12-6-7-13-19(18)26-22(23)17-10-3-2-4-11-17/h2-14,26H,15,25H2,1H3,(H,27,29). The van der Waals surface area contributed by atoms with E-state index >= 15 is 0 Å². The van der Waals surface area contributed by atoms with E-state index in [4.69, 9.17) is 10.6 Å². The summed E-state index contributed by atoms with van der Waals surface area (Å²) in [6.45, 7) is 2.22. The van der Waals surface area contributed by atoms with Gasteiger partial charge in [0.2, 0.25) is 5.95 Å². The van der Waals surface area contributed by atoms with Crippen molar-refractivity contribution < 1.29 is 4.74 Å². The number of rotatable bonds is 6. The number of benzene rings is 3. The number of hydrogen-bond acceptors (Lipinski definition) is 5. The molecule has 0 unspecified atom stereocenters. The predicted molar refractivity (Wildman–Crippen MR) is 123 cm³/mol. The molecule has 7 nitrogen and oxygen atoms in total. The van der Waals surface area contributed by atoms with Gasteiger partial charge in [-0.3, -0.25) is 0 Å². The van der Waals surface area contributed by atoms with E-state index in [0.29, 0.717) is 11.8 Å². The van der Waals surface area contributed by atoms with E-state index in [2.05, 4.69) is 38.7 Å². The van der Waals surface area contributed by atoms with Crippen LogP contribution in [0.15, 0.2) is 78.9 Å². The molecular formula is C24H22N6O. The molecule has 0 aliphatic rings. The fraction of sp³-hybridized carbons (Fsp3) is 0.0833. The maximum Gasteiger partial charge on any atom is 0.248 e. The first kappa shape index (κ1) is 18.7. The van der Waals surface area contributed by atoms with Gasteiger partial charge >= 0.3 is 0 Å². The van der Waals surface area contributed by atoms with Crippen molar-refractivity contribution in [1.82, 2.24) is 19.9 Å². The lowest BCUT2D eigenvalue weighted by Crippen LogP contribution is -2.17. The quantitative estimate of drug-likeness (QED) is 0.351. The highest BCUT2D eigenvalue weighted by atomic mass is 16.5. The second kappa shape index (κ2) is 7.87. The molecule has 0 bridgehead atoms. The lowest BCUT2D eigenvalue weighted by Gasteiger charge is -2.10. The fourth-order valence-electron chi connectivity index (χ4n) is 3.57. The summed E-state index contributed by atoms with van der Waals surface area (Å²) in [5, 5.41) is 12.9. The number of para-hydroxylation sites is 2. The number of hydrogen-bond donors (Lipinski definition) is 3. The number of aromatic amines is 1. The third-order valence-corrected chi connectivity index (χ3v) is 5.22. The molecule has 0 saturated heterocycles. The van der Waals surface area contributed by atoms with Crippen LogP contribution in [0.3, 0.4) is 0 Å². The zero-order valence-electron chi connectivity index (χ0n) is 17.0. The summed E-state index contributed by atoms with van der Waals surface area (Å²) in [5.41, 5.74) is 4.99. The van der Waals surface area contributed by atoms with Crippen molar-refractivity contribution in [3.05, 3.63) is 90.3 Å². The number of nitrogen functional groups attached to an aromatic ring is 1. The monoisotopic (exact) mass is 410 g/mol. The average molecular weight is 410 g/mol. The number of anilines is 2. The van der Waals surface area contributed by atoms with Gasteiger partial charge in [-0.25, -0.2) is 4.68 Å². The van der Waals surface area contributed by atoms with Crippen molar-refractivity contribution >= 4 is 22.5 Å². The number of nitrogens with two attached hydrogens (primary N) is 1. The van der Waals surface area contributed by atoms with Gasteiger partial charge in [-0.1, -0.05) is 66.7 Å². The molecule has 7 heteroatoms. The van der Waals surface area contributed by atoms with Crippen molar-refractivity contribution in [2.45, 2.75) is 13.5 Å². The van der Waals surface area contributed by atoms with E-state index < -0.39 is 0 Å². The maximum absolute atomic E-state index is 6.29. The smallest absolute Gasteiger partial charge is 0.248 e. The molecular weight excluding hydrogens is 388 g/mol. The molecule has 31 heavy (non-hydrogen) atoms. The number of H-pyrrole nitrogens is 1. The first-order chi connectivity index (χ1) is 15.2. The molecule has 0 amide bonds. The van der Waals surface area contributed by atoms with Crippen LogP contribution in [-0.2, 0) is 6.61 Å². The Hall–Kier alpha value is -4.26. The Balaban J connectivity index is 1.46. The topological polar surface area (TPSA) is 93.8 Å². The molecule has 0 atom stereocenters. The van der Waals surface area contributed by atoms with E-state index in [1.54, 1.807) is 0 Å². The van der Waals surface area contributed by atoms with Crippen LogP contribution in [0, 0.1) is 6.92 Å². The lowest BCUT2D eigenvalue weighted by atomic mass is 10.1. The van der Waals surface area contributed by atoms with Gasteiger partial charge in [0.25, 0.3) is 0 Å². The maximum atomic E-state index is 6.29. The lowest BCUT2D eigenvalue weighted by molar-refractivity contribution is 0.290. The Labute approximate surface area is 179 Å². The molecule has 5 aromatic rings. The molecule has 0 aliphatic carbocycles. The average Bonchev–Trinajstić information content (AvgIpc) is 3.35. The number of nitrogens with zero attached hydrogens (tertiary/aromatic N) is 3. The molecule has 3 aromatic carbocycles. The van der Waals surface area contributed by atoms with Crippen molar-refractivity contribution in [2.24, 2.45) is 0 Å². The number of nitrogens with one attached hydrogen (secondary N) is 2. The Morgan fingerprint density at radius 3 is 2.52 bits per heavy atom. The summed E-state index contributed by atoms with van der Waals surface area (Å²) in [4.78, 5) is 3.49. The van der Waals surface area contributed by atoms with Gasteiger partial charge < -0.3 is 20.9 Å². The highest BCUT2D eigenvalue weighted by Crippen LogP contribution is 2.36. The van der Waals surface area contributed by atoms with Crippen molar-refractivity contribution in [2.75, 3.05) is 11.2 Å². The SMILES string of the molecule is Cc1ccccc1OCc1nnc(Nc2c(-c3ccccc3)[nH]c3ccccc23)n1N. The van der Waals surface area contributed by atoms with Crippen LogP contribution in [0.25, 0.3) is 22.2 Å². The molecule has 0 aliphatic heterocycles. The third kappa shape index (κ3) is 3.57. The van der Waals surface area contributed by atoms with Crippen LogP contribution in [0.5, 0.6) is 5.75 Å². The summed E-state index contributed by atoms with van der Waals surface area (Å²) < 4.78 is 7.30. The van der Waals surface area contributed by atoms with Gasteiger partial charge in [-0.05, 0) is 24.6 Å². The highest BCUT2D eigenvalue weighted by molar-refractivity contribution is 6.02. The summed E-state index contributed by atoms with van der Waals surface area (Å²) in [7, 11) is 0. The zero-order valence-corrected chi connectivity index (χ0v) is 17.0. The number of ether oxygens (including phenoxy) is 1. The van der Waals surface area contributed by atoms with Crippen LogP contribution in [0.4, 0.5) is 11.6 Å². The minimum Gasteiger partial charge on any atom is -0.485 e. The van der Waals surface area contributed by atoms with Crippen molar-refractivity contribution in [1.29, 1.82) is 0 Å². The van der Waals surface area contributed by atoms with Crippen molar-refractivity contribution in [3.8, 4) is 17.0 Å². The Morgan fingerprint density at radius 1 is 0.935 bits per heavy atom. The Bertz CT molecular complexity index is 1340. The number of fused-ring (bicyclic) bond motifs is 1. The zero-order chi connectivity index (χ0) is 21.2. The van der Waals surface area contributed by atoms with E-state index in [1.807, 2.05) is 67.6 Å². The second-order valence-corrected chi connectivity index (χ2v) is 7.28. The molecule has 154 valence electrons. The summed E-state index contributed by atoms with van der Waals surface area (Å²) >= 11 is 0. The molecule has 0 saturated carbocycles. The Kier molecular flexibility index (Phi) is 4.76. The summed E-state index contributed by atoms with van der Waals surface area (Å²) in [6.07, 6.45) is 0. The van der Waals surface area contributed by atoms with Crippen LogP contribution < -0.4 is 15.9 Å². The van der Waals surface area contributed by atoms with Crippen LogP contribution in [-0.4, -0.2) is 19.9 Å². The minimum atomic E-state index is 0.218. The van der Waals surface area contributed by atoms with Gasteiger partial charge in [0, 0.05) is 16.5 Å². The fourth-order valence-corrected chi connectivity index (χ4v) is 3.57. The molecule has 2 aromatic heterocycles. The number of aryl methyl sites for hydroxylation is 1. The summed E-state index contributed by atoms with van der Waals surface area (Å²) in [6, 6.07) is 26.1. The van der Waals surface area contributed by atoms with Gasteiger partial charge in [0.1, 0.15) is 12.4 Å². The van der Waals surface area contributed by atoms with E-state index in [0.717, 1.165) is 39.2 Å². The van der Waals surface area contributed by atoms with Crippen LogP contribution >= 0.6 is 0 Å². The van der Waals surface area contributed by atoms with E-state index in [9.17, 15) is 0 Å². The molecule has 5 rings (SSSR count). The second-order valence-electron chi connectivity index (χ2n) is 7.28. The molecule has 4 N–H and O–H groups in total. The Morgan fingerprint density at radius 2 is 1.68 bits per heavy atom. The van der Waals surface area contributed by atoms with Gasteiger partial charge in [-0.15, -0.1) is 10.2 Å². The molecule has 0 fully saturated rings. The van der Waals surface area contributed by atoms with Crippen LogP contribution in [0.2, 0.25) is 0 Å². The molecule has 0 spiro atoms. The van der Waals surface area contributed by atoms with Gasteiger partial charge in [0.05, 0.1) is 11.4 Å². The highest BCUT2D eigenvalue weighted by Gasteiger charge is 2.17. The number of aromatic nitrogens is 4. The van der Waals surface area contributed by atoms with Crippen molar-refractivity contribution in [3.63, 3.8) is 0 Å². The molecule has 0 radical (unpaired) electrons. The van der Waals surface area contributed by atoms with E-state index in [-0.39, 0.29) is 6.61 Å². The molecule has 2 heterocycles. The van der Waals surface area contributed by atoms with E-state index in [1.165, 1.54) is 4.68 Å². The summed E-state index contributed by atoms with van der Waals surface area (Å²) in [5.74, 6) is 8.04. The third-order valence-electron chi connectivity index (χ3n) is 5.22. The van der Waals surface area contributed by atoms with Gasteiger partial charge in [0.15, 0.2) is 5.82 Å². The van der Waals surface area contributed by atoms with Crippen LogP contribution in [0.1, 0.15) is 11.4 Å². The predicted octanol–water partition coefficient (Wildman–Crippen LogP) is 4.77. The first-order valence-electron chi connectivity index (χ1n) is 10.0. The first-order valence-corrected chi connectivity index (χ1v) is 10.0.